The topological polar surface area (TPSA) is 70.0 Å². The van der Waals surface area contributed by atoms with E-state index in [1.54, 1.807) is 0 Å². The molecule has 3 saturated heterocycles. The molecule has 6 nitrogen and oxygen atoms in total. The van der Waals surface area contributed by atoms with E-state index in [2.05, 4.69) is 64.5 Å². The Balaban J connectivity index is 1.16. The highest BCUT2D eigenvalue weighted by Gasteiger charge is 2.49. The van der Waals surface area contributed by atoms with Crippen molar-refractivity contribution in [3.8, 4) is 0 Å². The molecule has 0 unspecified atom stereocenters. The standard InChI is InChI=1S/C31H33N3O3S2/c35-30(20-24-9-5-2-6-10-24)32-31-34(28-21-39(36,37)22-29(28)38-31)27-13-11-26(12-14-27)33-17-15-25(16-18-33)19-23-7-3-1-4-8-23/h1-14,25,28-29H,15-22H2/t28-,29-/m1/s1. The molecule has 0 aromatic heterocycles. The van der Waals surface area contributed by atoms with Crippen molar-refractivity contribution in [2.45, 2.75) is 37.0 Å². The number of carbonyl (C=O) groups is 1. The van der Waals surface area contributed by atoms with Crippen LogP contribution in [0.15, 0.2) is 89.9 Å². The molecule has 3 aliphatic rings. The molecule has 1 amide bonds. The molecule has 0 spiro atoms. The van der Waals surface area contributed by atoms with Gasteiger partial charge in [0.1, 0.15) is 0 Å². The van der Waals surface area contributed by atoms with E-state index in [0.717, 1.165) is 30.8 Å². The molecule has 3 aromatic carbocycles. The van der Waals surface area contributed by atoms with Crippen molar-refractivity contribution in [3.63, 3.8) is 0 Å². The first-order valence-electron chi connectivity index (χ1n) is 13.6. The molecule has 202 valence electrons. The van der Waals surface area contributed by atoms with Crippen molar-refractivity contribution < 1.29 is 13.2 Å². The van der Waals surface area contributed by atoms with Crippen molar-refractivity contribution in [2.24, 2.45) is 10.9 Å². The number of thioether (sulfide) groups is 1. The van der Waals surface area contributed by atoms with E-state index >= 15 is 0 Å². The van der Waals surface area contributed by atoms with Gasteiger partial charge in [0.15, 0.2) is 15.0 Å². The third kappa shape index (κ3) is 6.07. The number of anilines is 2. The Bertz CT molecular complexity index is 1440. The van der Waals surface area contributed by atoms with Crippen LogP contribution in [-0.4, -0.2) is 55.4 Å². The molecule has 0 aliphatic carbocycles. The van der Waals surface area contributed by atoms with Crippen LogP contribution in [0.4, 0.5) is 11.4 Å². The van der Waals surface area contributed by atoms with Gasteiger partial charge in [-0.05, 0) is 60.6 Å². The van der Waals surface area contributed by atoms with Gasteiger partial charge in [-0.2, -0.15) is 4.99 Å². The number of piperidine rings is 1. The number of fused-ring (bicyclic) bond motifs is 1. The largest absolute Gasteiger partial charge is 0.372 e. The smallest absolute Gasteiger partial charge is 0.252 e. The van der Waals surface area contributed by atoms with Gasteiger partial charge in [-0.25, -0.2) is 8.42 Å². The van der Waals surface area contributed by atoms with Gasteiger partial charge < -0.3 is 9.80 Å². The first-order valence-corrected chi connectivity index (χ1v) is 16.3. The van der Waals surface area contributed by atoms with Gasteiger partial charge in [0, 0.05) is 29.7 Å². The molecule has 3 heterocycles. The van der Waals surface area contributed by atoms with Crippen molar-refractivity contribution >= 4 is 44.0 Å². The fourth-order valence-corrected chi connectivity index (χ4v) is 9.88. The first-order chi connectivity index (χ1) is 18.9. The Kier molecular flexibility index (Phi) is 7.49. The summed E-state index contributed by atoms with van der Waals surface area (Å²) in [5.74, 6) is 0.707. The van der Waals surface area contributed by atoms with Gasteiger partial charge in [-0.1, -0.05) is 72.4 Å². The molecule has 0 bridgehead atoms. The van der Waals surface area contributed by atoms with Gasteiger partial charge in [0.25, 0.3) is 5.91 Å². The van der Waals surface area contributed by atoms with Crippen molar-refractivity contribution in [1.29, 1.82) is 0 Å². The zero-order valence-electron chi connectivity index (χ0n) is 21.9. The number of aliphatic imine (C=N–C) groups is 1. The fraction of sp³-hybridized carbons (Fsp3) is 0.355. The quantitative estimate of drug-likeness (QED) is 0.424. The molecule has 0 radical (unpaired) electrons. The third-order valence-corrected chi connectivity index (χ3v) is 11.2. The summed E-state index contributed by atoms with van der Waals surface area (Å²) in [4.78, 5) is 21.7. The van der Waals surface area contributed by atoms with Gasteiger partial charge in [-0.15, -0.1) is 0 Å². The molecule has 6 rings (SSSR count). The van der Waals surface area contributed by atoms with Crippen LogP contribution < -0.4 is 9.80 Å². The summed E-state index contributed by atoms with van der Waals surface area (Å²) in [5, 5.41) is 0.497. The average molecular weight is 560 g/mol. The number of nitrogens with zero attached hydrogens (tertiary/aromatic N) is 3. The summed E-state index contributed by atoms with van der Waals surface area (Å²) < 4.78 is 24.9. The van der Waals surface area contributed by atoms with Gasteiger partial charge >= 0.3 is 0 Å². The average Bonchev–Trinajstić information content (AvgIpc) is 3.41. The van der Waals surface area contributed by atoms with Crippen LogP contribution in [0, 0.1) is 5.92 Å². The predicted octanol–water partition coefficient (Wildman–Crippen LogP) is 4.99. The van der Waals surface area contributed by atoms with Gasteiger partial charge in [0.05, 0.1) is 24.0 Å². The van der Waals surface area contributed by atoms with Crippen molar-refractivity contribution in [2.75, 3.05) is 34.4 Å². The second-order valence-corrected chi connectivity index (χ2v) is 14.1. The van der Waals surface area contributed by atoms with Crippen molar-refractivity contribution in [3.05, 3.63) is 96.1 Å². The van der Waals surface area contributed by atoms with E-state index in [1.165, 1.54) is 35.9 Å². The third-order valence-electron chi connectivity index (χ3n) is 7.96. The highest BCUT2D eigenvalue weighted by atomic mass is 32.2. The van der Waals surface area contributed by atoms with E-state index in [0.29, 0.717) is 11.1 Å². The summed E-state index contributed by atoms with van der Waals surface area (Å²) in [6.45, 7) is 2.06. The Morgan fingerprint density at radius 1 is 0.821 bits per heavy atom. The summed E-state index contributed by atoms with van der Waals surface area (Å²) in [6.07, 6.45) is 3.70. The molecule has 8 heteroatoms. The number of carbonyl (C=O) groups excluding carboxylic acids is 1. The zero-order valence-corrected chi connectivity index (χ0v) is 23.5. The van der Waals surface area contributed by atoms with Crippen LogP contribution in [0.25, 0.3) is 0 Å². The fourth-order valence-electron chi connectivity index (χ4n) is 5.95. The summed E-state index contributed by atoms with van der Waals surface area (Å²) in [5.41, 5.74) is 4.40. The Labute approximate surface area is 235 Å². The normalized spacial score (nSPS) is 23.7. The molecule has 3 aromatic rings. The Morgan fingerprint density at radius 3 is 2.10 bits per heavy atom. The van der Waals surface area contributed by atoms with Crippen LogP contribution >= 0.6 is 11.8 Å². The van der Waals surface area contributed by atoms with Gasteiger partial charge in [0.2, 0.25) is 0 Å². The molecular formula is C31H33N3O3S2. The number of hydrogen-bond acceptors (Lipinski definition) is 5. The van der Waals surface area contributed by atoms with Crippen LogP contribution in [0.1, 0.15) is 24.0 Å². The van der Waals surface area contributed by atoms with E-state index in [4.69, 9.17) is 0 Å². The number of amidine groups is 1. The molecule has 2 atom stereocenters. The van der Waals surface area contributed by atoms with E-state index in [1.807, 2.05) is 35.2 Å². The van der Waals surface area contributed by atoms with Crippen LogP contribution in [0.5, 0.6) is 0 Å². The van der Waals surface area contributed by atoms with E-state index in [9.17, 15) is 13.2 Å². The molecule has 3 fully saturated rings. The van der Waals surface area contributed by atoms with Gasteiger partial charge in [-0.3, -0.25) is 4.79 Å². The highest BCUT2D eigenvalue weighted by Crippen LogP contribution is 2.41. The lowest BCUT2D eigenvalue weighted by Crippen LogP contribution is -2.38. The van der Waals surface area contributed by atoms with Crippen LogP contribution in [0.3, 0.4) is 0 Å². The lowest BCUT2D eigenvalue weighted by molar-refractivity contribution is -0.117. The number of rotatable bonds is 6. The van der Waals surface area contributed by atoms with E-state index < -0.39 is 9.84 Å². The minimum Gasteiger partial charge on any atom is -0.372 e. The molecule has 3 aliphatic heterocycles. The summed E-state index contributed by atoms with van der Waals surface area (Å²) >= 11 is 1.42. The second kappa shape index (κ2) is 11.2. The summed E-state index contributed by atoms with van der Waals surface area (Å²) in [6, 6.07) is 28.5. The van der Waals surface area contributed by atoms with E-state index in [-0.39, 0.29) is 35.1 Å². The Hall–Kier alpha value is -3.10. The Morgan fingerprint density at radius 2 is 1.44 bits per heavy atom. The van der Waals surface area contributed by atoms with Crippen LogP contribution in [-0.2, 0) is 27.5 Å². The van der Waals surface area contributed by atoms with Crippen molar-refractivity contribution in [1.82, 2.24) is 0 Å². The SMILES string of the molecule is O=C(Cc1ccccc1)N=C1S[C@@H]2CS(=O)(=O)C[C@H]2N1c1ccc(N2CCC(Cc3ccccc3)CC2)cc1. The number of benzene rings is 3. The first kappa shape index (κ1) is 26.1. The lowest BCUT2D eigenvalue weighted by Gasteiger charge is -2.34. The second-order valence-electron chi connectivity index (χ2n) is 10.8. The lowest BCUT2D eigenvalue weighted by atomic mass is 9.90. The summed E-state index contributed by atoms with van der Waals surface area (Å²) in [7, 11) is -3.11. The maximum atomic E-state index is 12.8. The molecular weight excluding hydrogens is 526 g/mol. The molecule has 0 N–H and O–H groups in total. The highest BCUT2D eigenvalue weighted by molar-refractivity contribution is 8.16. The number of amides is 1. The zero-order chi connectivity index (χ0) is 26.8. The van der Waals surface area contributed by atoms with Crippen LogP contribution in [0.2, 0.25) is 0 Å². The molecule has 0 saturated carbocycles. The maximum Gasteiger partial charge on any atom is 0.252 e. The number of hydrogen-bond donors (Lipinski definition) is 0. The maximum absolute atomic E-state index is 12.8. The minimum absolute atomic E-state index is 0.0905. The monoisotopic (exact) mass is 559 g/mol. The minimum atomic E-state index is -3.11. The molecule has 39 heavy (non-hydrogen) atoms. The predicted molar refractivity (Wildman–Crippen MR) is 160 cm³/mol. The number of sulfone groups is 1.